The zero-order chi connectivity index (χ0) is 20.6. The number of aromatic amines is 1. The van der Waals surface area contributed by atoms with Crippen LogP contribution in [0.2, 0.25) is 0 Å². The van der Waals surface area contributed by atoms with E-state index in [1.807, 2.05) is 10.7 Å². The topological polar surface area (TPSA) is 127 Å². The van der Waals surface area contributed by atoms with Gasteiger partial charge in [0, 0.05) is 23.0 Å². The van der Waals surface area contributed by atoms with Crippen molar-refractivity contribution < 1.29 is 4.21 Å². The van der Waals surface area contributed by atoms with Gasteiger partial charge in [-0.05, 0) is 43.2 Å². The number of H-pyrrole nitrogens is 1. The maximum atomic E-state index is 12.5. The summed E-state index contributed by atoms with van der Waals surface area (Å²) in [6.07, 6.45) is 6.71. The predicted molar refractivity (Wildman–Crippen MR) is 112 cm³/mol. The van der Waals surface area contributed by atoms with Gasteiger partial charge in [-0.25, -0.2) is 8.99 Å². The van der Waals surface area contributed by atoms with Gasteiger partial charge < -0.3 is 10.3 Å². The lowest BCUT2D eigenvalue weighted by Gasteiger charge is -2.27. The van der Waals surface area contributed by atoms with E-state index in [1.54, 1.807) is 30.5 Å². The van der Waals surface area contributed by atoms with Gasteiger partial charge in [-0.2, -0.15) is 10.4 Å². The number of nitrogens with zero attached hydrogens (tertiary/aromatic N) is 3. The lowest BCUT2D eigenvalue weighted by Crippen LogP contribution is -2.23. The number of aromatic nitrogens is 3. The summed E-state index contributed by atoms with van der Waals surface area (Å²) in [7, 11) is -2.79. The molecule has 4 rings (SSSR count). The van der Waals surface area contributed by atoms with Gasteiger partial charge >= 0.3 is 0 Å². The molecule has 1 aliphatic carbocycles. The largest absolute Gasteiger partial charge is 0.338 e. The lowest BCUT2D eigenvalue weighted by atomic mass is 9.85. The normalized spacial score (nSPS) is 21.4. The van der Waals surface area contributed by atoms with Gasteiger partial charge in [0.05, 0.1) is 33.3 Å². The summed E-state index contributed by atoms with van der Waals surface area (Å²) in [5.74, 6) is 0.285. The van der Waals surface area contributed by atoms with E-state index in [4.69, 9.17) is 4.78 Å². The predicted octanol–water partition coefficient (Wildman–Crippen LogP) is 3.76. The number of anilines is 2. The van der Waals surface area contributed by atoms with E-state index in [0.717, 1.165) is 25.7 Å². The van der Waals surface area contributed by atoms with Crippen LogP contribution in [0.3, 0.4) is 0 Å². The van der Waals surface area contributed by atoms with E-state index in [0.29, 0.717) is 27.3 Å². The number of rotatable bonds is 4. The molecule has 1 aliphatic rings. The molecule has 150 valence electrons. The van der Waals surface area contributed by atoms with Crippen LogP contribution in [0, 0.1) is 22.0 Å². The summed E-state index contributed by atoms with van der Waals surface area (Å²) in [4.78, 5) is 15.7. The van der Waals surface area contributed by atoms with E-state index in [9.17, 15) is 14.3 Å². The van der Waals surface area contributed by atoms with E-state index >= 15 is 0 Å². The van der Waals surface area contributed by atoms with Gasteiger partial charge in [0.25, 0.3) is 5.56 Å². The molecule has 3 atom stereocenters. The van der Waals surface area contributed by atoms with Crippen molar-refractivity contribution in [2.75, 3.05) is 11.6 Å². The first-order chi connectivity index (χ1) is 13.9. The SMILES string of the molecule is CS(=N)(=O)c1ccc(Nc2nn(C3CCCCC3C#N)c3cc[nH]c(=O)c23)cc1. The van der Waals surface area contributed by atoms with Crippen LogP contribution in [0.15, 0.2) is 46.2 Å². The monoisotopic (exact) mass is 410 g/mol. The molecule has 0 aliphatic heterocycles. The van der Waals surface area contributed by atoms with E-state index in [2.05, 4.69) is 21.5 Å². The first kappa shape index (κ1) is 19.2. The molecule has 1 fully saturated rings. The highest BCUT2D eigenvalue weighted by Gasteiger charge is 2.29. The van der Waals surface area contributed by atoms with E-state index in [-0.39, 0.29) is 17.5 Å². The van der Waals surface area contributed by atoms with Crippen LogP contribution in [0.4, 0.5) is 11.5 Å². The van der Waals surface area contributed by atoms with Crippen molar-refractivity contribution in [3.05, 3.63) is 46.9 Å². The Hall–Kier alpha value is -3.12. The Morgan fingerprint density at radius 3 is 2.69 bits per heavy atom. The molecule has 0 saturated heterocycles. The average molecular weight is 411 g/mol. The molecule has 3 unspecified atom stereocenters. The number of benzene rings is 1. The van der Waals surface area contributed by atoms with Crippen LogP contribution >= 0.6 is 0 Å². The van der Waals surface area contributed by atoms with Crippen LogP contribution < -0.4 is 10.9 Å². The second-order valence-corrected chi connectivity index (χ2v) is 9.60. The minimum Gasteiger partial charge on any atom is -0.338 e. The molecule has 3 N–H and O–H groups in total. The van der Waals surface area contributed by atoms with E-state index < -0.39 is 9.73 Å². The van der Waals surface area contributed by atoms with Crippen LogP contribution in [0.1, 0.15) is 31.7 Å². The number of hydrogen-bond acceptors (Lipinski definition) is 6. The molecule has 1 aromatic carbocycles. The number of nitrogens with one attached hydrogen (secondary N) is 3. The minimum atomic E-state index is -2.79. The van der Waals surface area contributed by atoms with Crippen molar-refractivity contribution in [2.24, 2.45) is 5.92 Å². The van der Waals surface area contributed by atoms with Crippen molar-refractivity contribution in [1.82, 2.24) is 14.8 Å². The highest BCUT2D eigenvalue weighted by Crippen LogP contribution is 2.36. The number of nitriles is 1. The summed E-state index contributed by atoms with van der Waals surface area (Å²) in [6.45, 7) is 0. The van der Waals surface area contributed by atoms with Crippen LogP contribution in [0.5, 0.6) is 0 Å². The second kappa shape index (κ2) is 7.37. The van der Waals surface area contributed by atoms with Gasteiger partial charge in [-0.3, -0.25) is 9.48 Å². The Balaban J connectivity index is 1.77. The van der Waals surface area contributed by atoms with Gasteiger partial charge in [0.15, 0.2) is 5.82 Å². The zero-order valence-electron chi connectivity index (χ0n) is 16.0. The Morgan fingerprint density at radius 2 is 2.00 bits per heavy atom. The van der Waals surface area contributed by atoms with Crippen molar-refractivity contribution in [1.29, 1.82) is 10.0 Å². The summed E-state index contributed by atoms with van der Waals surface area (Å²) < 4.78 is 21.4. The van der Waals surface area contributed by atoms with Crippen molar-refractivity contribution >= 4 is 32.1 Å². The summed E-state index contributed by atoms with van der Waals surface area (Å²) in [5.41, 5.74) is 1.12. The van der Waals surface area contributed by atoms with Crippen LogP contribution in [-0.4, -0.2) is 25.2 Å². The minimum absolute atomic E-state index is 0.0657. The van der Waals surface area contributed by atoms with Crippen LogP contribution in [0.25, 0.3) is 10.9 Å². The van der Waals surface area contributed by atoms with Gasteiger partial charge in [-0.1, -0.05) is 12.8 Å². The van der Waals surface area contributed by atoms with Crippen molar-refractivity contribution in [3.63, 3.8) is 0 Å². The third-order valence-electron chi connectivity index (χ3n) is 5.41. The molecule has 0 radical (unpaired) electrons. The van der Waals surface area contributed by atoms with Crippen LogP contribution in [-0.2, 0) is 9.73 Å². The Morgan fingerprint density at radius 1 is 1.28 bits per heavy atom. The molecule has 0 bridgehead atoms. The summed E-state index contributed by atoms with van der Waals surface area (Å²) >= 11 is 0. The highest BCUT2D eigenvalue weighted by molar-refractivity contribution is 7.91. The first-order valence-corrected chi connectivity index (χ1v) is 11.5. The molecule has 2 aromatic heterocycles. The highest BCUT2D eigenvalue weighted by atomic mass is 32.2. The maximum absolute atomic E-state index is 12.5. The molecule has 0 spiro atoms. The van der Waals surface area contributed by atoms with Crippen molar-refractivity contribution in [2.45, 2.75) is 36.6 Å². The second-order valence-electron chi connectivity index (χ2n) is 7.44. The molecule has 3 aromatic rings. The number of pyridine rings is 1. The Labute approximate surface area is 168 Å². The molecule has 2 heterocycles. The number of hydrogen-bond donors (Lipinski definition) is 3. The zero-order valence-corrected chi connectivity index (χ0v) is 16.8. The van der Waals surface area contributed by atoms with E-state index in [1.165, 1.54) is 6.26 Å². The molecule has 29 heavy (non-hydrogen) atoms. The van der Waals surface area contributed by atoms with Gasteiger partial charge in [0.2, 0.25) is 0 Å². The summed E-state index contributed by atoms with van der Waals surface area (Å²) in [6, 6.07) is 10.8. The molecular weight excluding hydrogens is 388 g/mol. The fourth-order valence-corrected chi connectivity index (χ4v) is 4.58. The third kappa shape index (κ3) is 3.63. The fourth-order valence-electron chi connectivity index (χ4n) is 3.93. The number of fused-ring (bicyclic) bond motifs is 1. The molecule has 0 amide bonds. The summed E-state index contributed by atoms with van der Waals surface area (Å²) in [5, 5.41) is 17.9. The van der Waals surface area contributed by atoms with Crippen molar-refractivity contribution in [3.8, 4) is 6.07 Å². The maximum Gasteiger partial charge on any atom is 0.261 e. The molecular formula is C20H22N6O2S. The first-order valence-electron chi connectivity index (χ1n) is 9.49. The molecule has 8 nitrogen and oxygen atoms in total. The fraction of sp³-hybridized carbons (Fsp3) is 0.350. The molecule has 9 heteroatoms. The lowest BCUT2D eigenvalue weighted by molar-refractivity contribution is 0.277. The van der Waals surface area contributed by atoms with Gasteiger partial charge in [0.1, 0.15) is 5.39 Å². The Kier molecular flexibility index (Phi) is 4.88. The smallest absolute Gasteiger partial charge is 0.261 e. The molecule has 1 saturated carbocycles. The Bertz CT molecular complexity index is 1250. The quantitative estimate of drug-likeness (QED) is 0.603. The van der Waals surface area contributed by atoms with Gasteiger partial charge in [-0.15, -0.1) is 0 Å². The standard InChI is InChI=1S/C20H22N6O2S/c1-29(22,28)15-8-6-14(7-9-15)24-19-18-17(10-11-23-20(18)27)26(25-19)16-5-3-2-4-13(16)12-21/h6-11,13,16,22H,2-5H2,1H3,(H,23,27)(H,24,25). The average Bonchev–Trinajstić information content (AvgIpc) is 3.07. The third-order valence-corrected chi connectivity index (χ3v) is 6.58.